The van der Waals surface area contributed by atoms with Crippen LogP contribution in [-0.2, 0) is 11.3 Å². The molecule has 2 aliphatic heterocycles. The number of aryl methyl sites for hydroxylation is 1. The first kappa shape index (κ1) is 16.4. The molecule has 2 aromatic rings. The molecule has 0 unspecified atom stereocenters. The molecule has 0 saturated carbocycles. The second-order valence-electron chi connectivity index (χ2n) is 6.86. The van der Waals surface area contributed by atoms with Gasteiger partial charge in [0, 0.05) is 13.6 Å². The molecule has 0 radical (unpaired) electrons. The molecule has 0 aromatic heterocycles. The van der Waals surface area contributed by atoms with Crippen molar-refractivity contribution in [3.63, 3.8) is 0 Å². The fraction of sp³-hybridized carbons (Fsp3) is 0.238. The van der Waals surface area contributed by atoms with Crippen LogP contribution in [0.5, 0.6) is 0 Å². The lowest BCUT2D eigenvalue weighted by Crippen LogP contribution is -2.45. The Morgan fingerprint density at radius 2 is 1.73 bits per heavy atom. The van der Waals surface area contributed by atoms with Crippen LogP contribution in [0.15, 0.2) is 65.9 Å². The number of urea groups is 1. The Morgan fingerprint density at radius 3 is 2.42 bits per heavy atom. The molecule has 2 heterocycles. The van der Waals surface area contributed by atoms with Crippen LogP contribution >= 0.6 is 0 Å². The number of nitrogens with one attached hydrogen (secondary N) is 1. The molecule has 2 aliphatic rings. The SMILES string of the molecule is Cc1ccc([C@@H]2NC(=O)N(C)C3=C2C(=O)N(Cc2ccccc2)C3)cc1. The van der Waals surface area contributed by atoms with Crippen LogP contribution < -0.4 is 5.32 Å². The number of rotatable bonds is 3. The summed E-state index contributed by atoms with van der Waals surface area (Å²) in [7, 11) is 1.72. The fourth-order valence-corrected chi connectivity index (χ4v) is 3.56. The van der Waals surface area contributed by atoms with Gasteiger partial charge in [0.25, 0.3) is 5.91 Å². The Labute approximate surface area is 152 Å². The third-order valence-electron chi connectivity index (χ3n) is 5.06. The first-order chi connectivity index (χ1) is 12.5. The second-order valence-corrected chi connectivity index (χ2v) is 6.86. The normalized spacial score (nSPS) is 19.7. The van der Waals surface area contributed by atoms with Crippen LogP contribution in [0.25, 0.3) is 0 Å². The van der Waals surface area contributed by atoms with E-state index in [0.717, 1.165) is 22.4 Å². The molecular weight excluding hydrogens is 326 g/mol. The summed E-state index contributed by atoms with van der Waals surface area (Å²) < 4.78 is 0. The molecule has 0 saturated heterocycles. The fourth-order valence-electron chi connectivity index (χ4n) is 3.56. The van der Waals surface area contributed by atoms with E-state index in [2.05, 4.69) is 5.32 Å². The molecule has 1 N–H and O–H groups in total. The van der Waals surface area contributed by atoms with Crippen molar-refractivity contribution in [3.8, 4) is 0 Å². The molecule has 2 aromatic carbocycles. The van der Waals surface area contributed by atoms with E-state index < -0.39 is 6.04 Å². The molecule has 132 valence electrons. The van der Waals surface area contributed by atoms with Crippen molar-refractivity contribution in [2.24, 2.45) is 0 Å². The maximum atomic E-state index is 13.1. The van der Waals surface area contributed by atoms with Crippen LogP contribution in [0.3, 0.4) is 0 Å². The Bertz CT molecular complexity index is 887. The van der Waals surface area contributed by atoms with E-state index in [1.165, 1.54) is 0 Å². The zero-order valence-electron chi connectivity index (χ0n) is 14.9. The van der Waals surface area contributed by atoms with Crippen molar-refractivity contribution in [2.75, 3.05) is 13.6 Å². The maximum Gasteiger partial charge on any atom is 0.322 e. The van der Waals surface area contributed by atoms with E-state index >= 15 is 0 Å². The van der Waals surface area contributed by atoms with Crippen molar-refractivity contribution < 1.29 is 9.59 Å². The summed E-state index contributed by atoms with van der Waals surface area (Å²) in [6, 6.07) is 17.3. The van der Waals surface area contributed by atoms with Gasteiger partial charge < -0.3 is 10.2 Å². The van der Waals surface area contributed by atoms with Gasteiger partial charge in [-0.1, -0.05) is 60.2 Å². The van der Waals surface area contributed by atoms with Gasteiger partial charge in [-0.05, 0) is 18.1 Å². The van der Waals surface area contributed by atoms with Crippen molar-refractivity contribution in [1.29, 1.82) is 0 Å². The van der Waals surface area contributed by atoms with Crippen molar-refractivity contribution >= 4 is 11.9 Å². The van der Waals surface area contributed by atoms with E-state index in [-0.39, 0.29) is 11.9 Å². The highest BCUT2D eigenvalue weighted by Crippen LogP contribution is 2.36. The minimum absolute atomic E-state index is 0.0127. The van der Waals surface area contributed by atoms with E-state index in [4.69, 9.17) is 0 Å². The third-order valence-corrected chi connectivity index (χ3v) is 5.06. The number of hydrogen-bond donors (Lipinski definition) is 1. The van der Waals surface area contributed by atoms with Crippen molar-refractivity contribution in [2.45, 2.75) is 19.5 Å². The number of benzene rings is 2. The number of carbonyl (C=O) groups excluding carboxylic acids is 2. The van der Waals surface area contributed by atoms with Gasteiger partial charge >= 0.3 is 6.03 Å². The minimum atomic E-state index is -0.400. The van der Waals surface area contributed by atoms with Crippen LogP contribution in [-0.4, -0.2) is 35.3 Å². The molecule has 1 atom stereocenters. The van der Waals surface area contributed by atoms with Crippen LogP contribution in [0.1, 0.15) is 22.7 Å². The van der Waals surface area contributed by atoms with Crippen LogP contribution in [0.2, 0.25) is 0 Å². The van der Waals surface area contributed by atoms with Gasteiger partial charge in [-0.15, -0.1) is 0 Å². The smallest absolute Gasteiger partial charge is 0.322 e. The quantitative estimate of drug-likeness (QED) is 0.928. The first-order valence-electron chi connectivity index (χ1n) is 8.71. The number of nitrogens with zero attached hydrogens (tertiary/aromatic N) is 2. The number of carbonyl (C=O) groups is 2. The summed E-state index contributed by atoms with van der Waals surface area (Å²) >= 11 is 0. The van der Waals surface area contributed by atoms with Gasteiger partial charge in [0.15, 0.2) is 0 Å². The molecule has 0 spiro atoms. The minimum Gasteiger partial charge on any atom is -0.329 e. The Kier molecular flexibility index (Phi) is 3.99. The van der Waals surface area contributed by atoms with Crippen molar-refractivity contribution in [1.82, 2.24) is 15.1 Å². The number of hydrogen-bond acceptors (Lipinski definition) is 2. The van der Waals surface area contributed by atoms with Gasteiger partial charge in [0.05, 0.1) is 23.9 Å². The molecular formula is C21H21N3O2. The molecule has 0 bridgehead atoms. The average Bonchev–Trinajstić information content (AvgIpc) is 2.97. The third kappa shape index (κ3) is 2.75. The lowest BCUT2D eigenvalue weighted by atomic mass is 9.95. The predicted octanol–water partition coefficient (Wildman–Crippen LogP) is 2.99. The highest BCUT2D eigenvalue weighted by molar-refractivity contribution is 6.01. The average molecular weight is 347 g/mol. The summed E-state index contributed by atoms with van der Waals surface area (Å²) in [6.07, 6.45) is 0. The Balaban J connectivity index is 1.67. The van der Waals surface area contributed by atoms with E-state index in [0.29, 0.717) is 18.7 Å². The van der Waals surface area contributed by atoms with Crippen molar-refractivity contribution in [3.05, 3.63) is 82.6 Å². The zero-order chi connectivity index (χ0) is 18.3. The van der Waals surface area contributed by atoms with Gasteiger partial charge in [0.2, 0.25) is 0 Å². The van der Waals surface area contributed by atoms with Gasteiger partial charge in [-0.2, -0.15) is 0 Å². The van der Waals surface area contributed by atoms with E-state index in [1.807, 2.05) is 61.5 Å². The maximum absolute atomic E-state index is 13.1. The summed E-state index contributed by atoms with van der Waals surface area (Å²) in [6.45, 7) is 3.01. The lowest BCUT2D eigenvalue weighted by Gasteiger charge is -2.31. The largest absolute Gasteiger partial charge is 0.329 e. The van der Waals surface area contributed by atoms with E-state index in [9.17, 15) is 9.59 Å². The zero-order valence-corrected chi connectivity index (χ0v) is 14.9. The first-order valence-corrected chi connectivity index (χ1v) is 8.71. The molecule has 0 aliphatic carbocycles. The summed E-state index contributed by atoms with van der Waals surface area (Å²) in [4.78, 5) is 28.9. The van der Waals surface area contributed by atoms with Gasteiger partial charge in [0.1, 0.15) is 0 Å². The molecule has 5 heteroatoms. The Hall–Kier alpha value is -3.08. The van der Waals surface area contributed by atoms with Crippen LogP contribution in [0.4, 0.5) is 4.79 Å². The standard InChI is InChI=1S/C21H21N3O2/c1-14-8-10-16(11-9-14)19-18-17(23(2)21(26)22-19)13-24(20(18)25)12-15-6-4-3-5-7-15/h3-11,19H,12-13H2,1-2H3,(H,22,26)/t19-/m0/s1. The summed E-state index contributed by atoms with van der Waals surface area (Å²) in [5.74, 6) is -0.0127. The Morgan fingerprint density at radius 1 is 1.04 bits per heavy atom. The summed E-state index contributed by atoms with van der Waals surface area (Å²) in [5.41, 5.74) is 4.62. The monoisotopic (exact) mass is 347 g/mol. The van der Waals surface area contributed by atoms with Gasteiger partial charge in [-0.25, -0.2) is 4.79 Å². The van der Waals surface area contributed by atoms with Crippen LogP contribution in [0, 0.1) is 6.92 Å². The predicted molar refractivity (Wildman–Crippen MR) is 99.1 cm³/mol. The second kappa shape index (κ2) is 6.33. The molecule has 26 heavy (non-hydrogen) atoms. The molecule has 5 nitrogen and oxygen atoms in total. The van der Waals surface area contributed by atoms with E-state index in [1.54, 1.807) is 16.8 Å². The highest BCUT2D eigenvalue weighted by Gasteiger charge is 2.42. The molecule has 4 rings (SSSR count). The summed E-state index contributed by atoms with van der Waals surface area (Å²) in [5, 5.41) is 2.97. The molecule has 3 amide bonds. The number of likely N-dealkylation sites (N-methyl/N-ethyl adjacent to an activating group) is 1. The van der Waals surface area contributed by atoms with Gasteiger partial charge in [-0.3, -0.25) is 9.69 Å². The molecule has 0 fully saturated rings. The highest BCUT2D eigenvalue weighted by atomic mass is 16.2. The topological polar surface area (TPSA) is 52.7 Å². The lowest BCUT2D eigenvalue weighted by molar-refractivity contribution is -0.126. The number of amides is 3.